The summed E-state index contributed by atoms with van der Waals surface area (Å²) in [4.78, 5) is 6.60. The Bertz CT molecular complexity index is 860. The SMILES string of the molecule is CCc1noc(CSc2nnc(N3CCOCC3)n2Cc2ccccc2)n1. The van der Waals surface area contributed by atoms with E-state index in [0.29, 0.717) is 31.4 Å². The average molecular weight is 386 g/mol. The van der Waals surface area contributed by atoms with Crippen molar-refractivity contribution in [3.63, 3.8) is 0 Å². The van der Waals surface area contributed by atoms with Gasteiger partial charge >= 0.3 is 0 Å². The van der Waals surface area contributed by atoms with Gasteiger partial charge in [0.25, 0.3) is 0 Å². The summed E-state index contributed by atoms with van der Waals surface area (Å²) in [5.41, 5.74) is 1.21. The van der Waals surface area contributed by atoms with E-state index >= 15 is 0 Å². The number of anilines is 1. The standard InChI is InChI=1S/C18H22N6O2S/c1-2-15-19-16(26-22-15)13-27-18-21-20-17(23-8-10-25-11-9-23)24(18)12-14-6-4-3-5-7-14/h3-7H,2,8-13H2,1H3. The number of aromatic nitrogens is 5. The molecular formula is C18H22N6O2S. The second-order valence-electron chi connectivity index (χ2n) is 6.20. The second-order valence-corrected chi connectivity index (χ2v) is 7.14. The van der Waals surface area contributed by atoms with Gasteiger partial charge in [-0.1, -0.05) is 54.2 Å². The van der Waals surface area contributed by atoms with E-state index in [0.717, 1.165) is 36.4 Å². The molecule has 0 spiro atoms. The minimum Gasteiger partial charge on any atom is -0.378 e. The molecule has 0 bridgehead atoms. The minimum absolute atomic E-state index is 0.572. The Morgan fingerprint density at radius 2 is 1.93 bits per heavy atom. The lowest BCUT2D eigenvalue weighted by Crippen LogP contribution is -2.38. The van der Waals surface area contributed by atoms with Gasteiger partial charge in [-0.2, -0.15) is 4.98 Å². The van der Waals surface area contributed by atoms with Crippen LogP contribution in [-0.4, -0.2) is 51.2 Å². The normalized spacial score (nSPS) is 14.6. The maximum Gasteiger partial charge on any atom is 0.237 e. The van der Waals surface area contributed by atoms with Crippen LogP contribution in [0.15, 0.2) is 40.0 Å². The van der Waals surface area contributed by atoms with Crippen LogP contribution in [0.1, 0.15) is 24.2 Å². The summed E-state index contributed by atoms with van der Waals surface area (Å²) in [6.45, 7) is 5.78. The fraction of sp³-hybridized carbons (Fsp3) is 0.444. The van der Waals surface area contributed by atoms with Gasteiger partial charge in [0.15, 0.2) is 11.0 Å². The molecule has 0 unspecified atom stereocenters. The number of thioether (sulfide) groups is 1. The Morgan fingerprint density at radius 3 is 2.67 bits per heavy atom. The molecule has 1 aromatic carbocycles. The molecule has 1 saturated heterocycles. The van der Waals surface area contributed by atoms with E-state index in [1.54, 1.807) is 11.8 Å². The molecule has 0 radical (unpaired) electrons. The Balaban J connectivity index is 1.56. The van der Waals surface area contributed by atoms with Crippen LogP contribution in [0.5, 0.6) is 0 Å². The number of nitrogens with zero attached hydrogens (tertiary/aromatic N) is 6. The number of rotatable bonds is 7. The number of hydrogen-bond acceptors (Lipinski definition) is 8. The van der Waals surface area contributed by atoms with Gasteiger partial charge in [0.05, 0.1) is 25.5 Å². The molecule has 1 fully saturated rings. The highest BCUT2D eigenvalue weighted by atomic mass is 32.2. The first-order chi connectivity index (χ1) is 13.3. The lowest BCUT2D eigenvalue weighted by atomic mass is 10.2. The Hall–Kier alpha value is -2.39. The van der Waals surface area contributed by atoms with E-state index in [9.17, 15) is 0 Å². The summed E-state index contributed by atoms with van der Waals surface area (Å²) < 4.78 is 12.9. The second kappa shape index (κ2) is 8.53. The van der Waals surface area contributed by atoms with Crippen molar-refractivity contribution in [3.8, 4) is 0 Å². The lowest BCUT2D eigenvalue weighted by molar-refractivity contribution is 0.121. The number of benzene rings is 1. The largest absolute Gasteiger partial charge is 0.378 e. The van der Waals surface area contributed by atoms with Crippen LogP contribution >= 0.6 is 11.8 Å². The van der Waals surface area contributed by atoms with Gasteiger partial charge in [0, 0.05) is 19.5 Å². The molecule has 0 amide bonds. The van der Waals surface area contributed by atoms with E-state index in [2.05, 4.69) is 41.9 Å². The molecule has 0 N–H and O–H groups in total. The Kier molecular flexibility index (Phi) is 5.69. The van der Waals surface area contributed by atoms with Crippen molar-refractivity contribution in [2.24, 2.45) is 0 Å². The Labute approximate surface area is 161 Å². The van der Waals surface area contributed by atoms with Crippen molar-refractivity contribution in [1.29, 1.82) is 0 Å². The maximum absolute atomic E-state index is 5.47. The summed E-state index contributed by atoms with van der Waals surface area (Å²) >= 11 is 1.56. The molecule has 3 aromatic rings. The van der Waals surface area contributed by atoms with Gasteiger partial charge in [-0.25, -0.2) is 0 Å². The fourth-order valence-corrected chi connectivity index (χ4v) is 3.68. The number of hydrogen-bond donors (Lipinski definition) is 0. The van der Waals surface area contributed by atoms with Crippen LogP contribution in [0.2, 0.25) is 0 Å². The molecule has 0 aliphatic carbocycles. The van der Waals surface area contributed by atoms with Gasteiger partial charge in [0.1, 0.15) is 0 Å². The topological polar surface area (TPSA) is 82.1 Å². The smallest absolute Gasteiger partial charge is 0.237 e. The molecule has 3 heterocycles. The van der Waals surface area contributed by atoms with Crippen molar-refractivity contribution >= 4 is 17.7 Å². The van der Waals surface area contributed by atoms with E-state index in [1.807, 2.05) is 25.1 Å². The average Bonchev–Trinajstić information content (AvgIpc) is 3.35. The highest BCUT2D eigenvalue weighted by molar-refractivity contribution is 7.98. The van der Waals surface area contributed by atoms with Crippen LogP contribution < -0.4 is 4.90 Å². The van der Waals surface area contributed by atoms with Gasteiger partial charge in [-0.15, -0.1) is 10.2 Å². The van der Waals surface area contributed by atoms with Crippen molar-refractivity contribution in [2.45, 2.75) is 30.8 Å². The quantitative estimate of drug-likeness (QED) is 0.573. The summed E-state index contributed by atoms with van der Waals surface area (Å²) in [6, 6.07) is 10.3. The molecule has 4 rings (SSSR count). The zero-order chi connectivity index (χ0) is 18.5. The third kappa shape index (κ3) is 4.30. The van der Waals surface area contributed by atoms with Gasteiger partial charge < -0.3 is 14.2 Å². The van der Waals surface area contributed by atoms with Crippen LogP contribution in [0.25, 0.3) is 0 Å². The van der Waals surface area contributed by atoms with Gasteiger partial charge in [0.2, 0.25) is 11.8 Å². The molecule has 2 aromatic heterocycles. The van der Waals surface area contributed by atoms with E-state index < -0.39 is 0 Å². The number of aryl methyl sites for hydroxylation is 1. The first kappa shape index (κ1) is 18.0. The number of morpholine rings is 1. The molecule has 8 nitrogen and oxygen atoms in total. The van der Waals surface area contributed by atoms with Crippen LogP contribution in [0.4, 0.5) is 5.95 Å². The van der Waals surface area contributed by atoms with Gasteiger partial charge in [-0.3, -0.25) is 4.57 Å². The molecule has 0 saturated carbocycles. The van der Waals surface area contributed by atoms with Crippen LogP contribution in [-0.2, 0) is 23.5 Å². The minimum atomic E-state index is 0.572. The monoisotopic (exact) mass is 386 g/mol. The van der Waals surface area contributed by atoms with Crippen LogP contribution in [0.3, 0.4) is 0 Å². The van der Waals surface area contributed by atoms with E-state index in [4.69, 9.17) is 9.26 Å². The molecule has 0 atom stereocenters. The third-order valence-corrected chi connectivity index (χ3v) is 5.28. The maximum atomic E-state index is 5.47. The van der Waals surface area contributed by atoms with E-state index in [1.165, 1.54) is 5.56 Å². The Morgan fingerprint density at radius 1 is 1.11 bits per heavy atom. The van der Waals surface area contributed by atoms with E-state index in [-0.39, 0.29) is 0 Å². The lowest BCUT2D eigenvalue weighted by Gasteiger charge is -2.28. The molecule has 1 aliphatic rings. The number of ether oxygens (including phenoxy) is 1. The highest BCUT2D eigenvalue weighted by Gasteiger charge is 2.21. The van der Waals surface area contributed by atoms with Crippen molar-refractivity contribution in [3.05, 3.63) is 47.6 Å². The fourth-order valence-electron chi connectivity index (χ4n) is 2.91. The van der Waals surface area contributed by atoms with Crippen molar-refractivity contribution in [2.75, 3.05) is 31.2 Å². The van der Waals surface area contributed by atoms with Crippen molar-refractivity contribution in [1.82, 2.24) is 24.9 Å². The molecule has 9 heteroatoms. The highest BCUT2D eigenvalue weighted by Crippen LogP contribution is 2.26. The summed E-state index contributed by atoms with van der Waals surface area (Å²) in [5, 5.41) is 13.7. The first-order valence-electron chi connectivity index (χ1n) is 9.07. The molecule has 27 heavy (non-hydrogen) atoms. The first-order valence-corrected chi connectivity index (χ1v) is 10.1. The zero-order valence-corrected chi connectivity index (χ0v) is 16.1. The molecule has 1 aliphatic heterocycles. The molecule has 142 valence electrons. The van der Waals surface area contributed by atoms with Crippen molar-refractivity contribution < 1.29 is 9.26 Å². The summed E-state index contributed by atoms with van der Waals surface area (Å²) in [6.07, 6.45) is 0.763. The van der Waals surface area contributed by atoms with Crippen LogP contribution in [0, 0.1) is 0 Å². The zero-order valence-electron chi connectivity index (χ0n) is 15.2. The predicted octanol–water partition coefficient (Wildman–Crippen LogP) is 2.40. The predicted molar refractivity (Wildman–Crippen MR) is 102 cm³/mol. The summed E-state index contributed by atoms with van der Waals surface area (Å²) in [7, 11) is 0. The summed E-state index contributed by atoms with van der Waals surface area (Å²) in [5.74, 6) is 2.79. The third-order valence-electron chi connectivity index (χ3n) is 4.33. The van der Waals surface area contributed by atoms with Gasteiger partial charge in [-0.05, 0) is 5.56 Å². The molecular weight excluding hydrogens is 364 g/mol.